The van der Waals surface area contributed by atoms with Gasteiger partial charge in [0.2, 0.25) is 5.78 Å². The smallest absolute Gasteiger partial charge is 0.344 e. The Hall–Kier alpha value is -2.66. The van der Waals surface area contributed by atoms with Gasteiger partial charge in [0.1, 0.15) is 5.75 Å². The predicted molar refractivity (Wildman–Crippen MR) is 98.4 cm³/mol. The number of carbonyl (C=O) groups excluding carboxylic acids is 2. The van der Waals surface area contributed by atoms with Gasteiger partial charge in [-0.05, 0) is 41.5 Å². The molecule has 1 heterocycles. The molecule has 0 aliphatic rings. The standard InChI is InChI=1S/C20H18O4S/c1-2-17-9-10-19(25-17)18(21)12-24-20(22)13-23-16-8-7-14-5-3-4-6-15(14)11-16/h3-11H,2,12-13H2,1H3. The molecule has 0 fully saturated rings. The molecule has 5 heteroatoms. The molecule has 0 unspecified atom stereocenters. The Morgan fingerprint density at radius 1 is 0.960 bits per heavy atom. The van der Waals surface area contributed by atoms with Crippen LogP contribution in [0.4, 0.5) is 0 Å². The van der Waals surface area contributed by atoms with Gasteiger partial charge in [-0.2, -0.15) is 0 Å². The normalized spacial score (nSPS) is 10.6. The van der Waals surface area contributed by atoms with Gasteiger partial charge in [0.25, 0.3) is 0 Å². The zero-order valence-electron chi connectivity index (χ0n) is 13.9. The zero-order valence-corrected chi connectivity index (χ0v) is 14.7. The van der Waals surface area contributed by atoms with Crippen molar-refractivity contribution in [3.05, 3.63) is 64.4 Å². The summed E-state index contributed by atoms with van der Waals surface area (Å²) < 4.78 is 10.5. The minimum absolute atomic E-state index is 0.191. The van der Waals surface area contributed by atoms with E-state index in [2.05, 4.69) is 0 Å². The number of carbonyl (C=O) groups is 2. The van der Waals surface area contributed by atoms with Crippen molar-refractivity contribution in [1.82, 2.24) is 0 Å². The van der Waals surface area contributed by atoms with Crippen LogP contribution in [0.5, 0.6) is 5.75 Å². The fourth-order valence-corrected chi connectivity index (χ4v) is 3.25. The molecule has 4 nitrogen and oxygen atoms in total. The van der Waals surface area contributed by atoms with Crippen molar-refractivity contribution in [3.63, 3.8) is 0 Å². The van der Waals surface area contributed by atoms with Gasteiger partial charge in [-0.25, -0.2) is 4.79 Å². The summed E-state index contributed by atoms with van der Waals surface area (Å²) in [6.45, 7) is 1.55. The highest BCUT2D eigenvalue weighted by Gasteiger charge is 2.12. The molecular formula is C20H18O4S. The van der Waals surface area contributed by atoms with Gasteiger partial charge >= 0.3 is 5.97 Å². The van der Waals surface area contributed by atoms with E-state index in [4.69, 9.17) is 9.47 Å². The summed E-state index contributed by atoms with van der Waals surface area (Å²) in [6, 6.07) is 17.2. The lowest BCUT2D eigenvalue weighted by molar-refractivity contribution is -0.144. The summed E-state index contributed by atoms with van der Waals surface area (Å²) in [7, 11) is 0. The Morgan fingerprint density at radius 3 is 2.52 bits per heavy atom. The van der Waals surface area contributed by atoms with Gasteiger partial charge in [-0.1, -0.05) is 37.3 Å². The van der Waals surface area contributed by atoms with E-state index in [-0.39, 0.29) is 19.0 Å². The van der Waals surface area contributed by atoms with Crippen molar-refractivity contribution in [3.8, 4) is 5.75 Å². The van der Waals surface area contributed by atoms with Gasteiger partial charge in [-0.15, -0.1) is 11.3 Å². The second-order valence-electron chi connectivity index (χ2n) is 5.50. The first-order chi connectivity index (χ1) is 12.2. The lowest BCUT2D eigenvalue weighted by Gasteiger charge is -2.07. The first-order valence-corrected chi connectivity index (χ1v) is 8.86. The molecule has 0 atom stereocenters. The zero-order chi connectivity index (χ0) is 17.6. The maximum Gasteiger partial charge on any atom is 0.344 e. The molecular weight excluding hydrogens is 336 g/mol. The number of ketones is 1. The van der Waals surface area contributed by atoms with Gasteiger partial charge in [0.05, 0.1) is 4.88 Å². The molecule has 3 rings (SSSR count). The van der Waals surface area contributed by atoms with E-state index in [1.807, 2.05) is 49.4 Å². The SMILES string of the molecule is CCc1ccc(C(=O)COC(=O)COc2ccc3ccccc3c2)s1. The minimum atomic E-state index is -0.561. The van der Waals surface area contributed by atoms with Crippen molar-refractivity contribution in [2.75, 3.05) is 13.2 Å². The summed E-state index contributed by atoms with van der Waals surface area (Å²) in [5, 5.41) is 2.14. The molecule has 0 N–H and O–H groups in total. The van der Waals surface area contributed by atoms with Gasteiger partial charge in [0.15, 0.2) is 13.2 Å². The Balaban J connectivity index is 1.49. The Kier molecular flexibility index (Phi) is 5.46. The summed E-state index contributed by atoms with van der Waals surface area (Å²) in [5.74, 6) is -0.162. The van der Waals surface area contributed by atoms with Crippen molar-refractivity contribution >= 4 is 33.9 Å². The predicted octanol–water partition coefficient (Wildman–Crippen LogP) is 4.27. The van der Waals surface area contributed by atoms with E-state index >= 15 is 0 Å². The van der Waals surface area contributed by atoms with Crippen LogP contribution in [0.15, 0.2) is 54.6 Å². The van der Waals surface area contributed by atoms with Crippen LogP contribution in [0.25, 0.3) is 10.8 Å². The molecule has 1 aromatic heterocycles. The first-order valence-electron chi connectivity index (χ1n) is 8.05. The number of fused-ring (bicyclic) bond motifs is 1. The Bertz CT molecular complexity index is 897. The Labute approximate surface area is 150 Å². The van der Waals surface area contributed by atoms with Gasteiger partial charge in [-0.3, -0.25) is 4.79 Å². The van der Waals surface area contributed by atoms with Crippen molar-refractivity contribution in [1.29, 1.82) is 0 Å². The molecule has 2 aromatic carbocycles. The van der Waals surface area contributed by atoms with Crippen LogP contribution < -0.4 is 4.74 Å². The molecule has 0 saturated heterocycles. The monoisotopic (exact) mass is 354 g/mol. The van der Waals surface area contributed by atoms with E-state index in [0.29, 0.717) is 10.6 Å². The summed E-state index contributed by atoms with van der Waals surface area (Å²) >= 11 is 1.43. The third kappa shape index (κ3) is 4.45. The lowest BCUT2D eigenvalue weighted by Crippen LogP contribution is -2.19. The molecule has 0 amide bonds. The first kappa shape index (κ1) is 17.2. The van der Waals surface area contributed by atoms with E-state index in [9.17, 15) is 9.59 Å². The third-order valence-electron chi connectivity index (χ3n) is 3.73. The minimum Gasteiger partial charge on any atom is -0.482 e. The average molecular weight is 354 g/mol. The topological polar surface area (TPSA) is 52.6 Å². The summed E-state index contributed by atoms with van der Waals surface area (Å²) in [6.07, 6.45) is 0.886. The number of hydrogen-bond acceptors (Lipinski definition) is 5. The van der Waals surface area contributed by atoms with Gasteiger partial charge in [0, 0.05) is 4.88 Å². The number of benzene rings is 2. The van der Waals surface area contributed by atoms with Crippen LogP contribution in [-0.2, 0) is 16.0 Å². The quantitative estimate of drug-likeness (QED) is 0.470. The van der Waals surface area contributed by atoms with E-state index in [0.717, 1.165) is 22.1 Å². The number of esters is 1. The average Bonchev–Trinajstić information content (AvgIpc) is 3.13. The Morgan fingerprint density at radius 2 is 1.76 bits per heavy atom. The largest absolute Gasteiger partial charge is 0.482 e. The molecule has 0 saturated carbocycles. The number of Topliss-reactive ketones (excluding diaryl/α,β-unsaturated/α-hetero) is 1. The van der Waals surface area contributed by atoms with E-state index in [1.54, 1.807) is 12.1 Å². The number of ether oxygens (including phenoxy) is 2. The van der Waals surface area contributed by atoms with Crippen LogP contribution in [0.2, 0.25) is 0 Å². The molecule has 0 radical (unpaired) electrons. The van der Waals surface area contributed by atoms with Crippen LogP contribution in [0, 0.1) is 0 Å². The maximum atomic E-state index is 12.0. The fraction of sp³-hybridized carbons (Fsp3) is 0.200. The lowest BCUT2D eigenvalue weighted by atomic mass is 10.1. The van der Waals surface area contributed by atoms with Gasteiger partial charge < -0.3 is 9.47 Å². The second kappa shape index (κ2) is 7.94. The second-order valence-corrected chi connectivity index (χ2v) is 6.67. The number of aryl methyl sites for hydroxylation is 1. The maximum absolute atomic E-state index is 12.0. The van der Waals surface area contributed by atoms with Crippen LogP contribution in [-0.4, -0.2) is 25.0 Å². The summed E-state index contributed by atoms with van der Waals surface area (Å²) in [4.78, 5) is 25.5. The van der Waals surface area contributed by atoms with Crippen molar-refractivity contribution < 1.29 is 19.1 Å². The molecule has 128 valence electrons. The van der Waals surface area contributed by atoms with E-state index < -0.39 is 5.97 Å². The fourth-order valence-electron chi connectivity index (χ4n) is 2.38. The molecule has 25 heavy (non-hydrogen) atoms. The highest BCUT2D eigenvalue weighted by atomic mass is 32.1. The van der Waals surface area contributed by atoms with Crippen LogP contribution in [0.1, 0.15) is 21.5 Å². The highest BCUT2D eigenvalue weighted by Crippen LogP contribution is 2.20. The van der Waals surface area contributed by atoms with Crippen LogP contribution >= 0.6 is 11.3 Å². The number of thiophene rings is 1. The summed E-state index contributed by atoms with van der Waals surface area (Å²) in [5.41, 5.74) is 0. The van der Waals surface area contributed by atoms with E-state index in [1.165, 1.54) is 11.3 Å². The molecule has 0 aliphatic heterocycles. The van der Waals surface area contributed by atoms with Crippen molar-refractivity contribution in [2.24, 2.45) is 0 Å². The molecule has 0 bridgehead atoms. The molecule has 0 spiro atoms. The number of hydrogen-bond donors (Lipinski definition) is 0. The number of rotatable bonds is 7. The van der Waals surface area contributed by atoms with Crippen molar-refractivity contribution in [2.45, 2.75) is 13.3 Å². The highest BCUT2D eigenvalue weighted by molar-refractivity contribution is 7.14. The third-order valence-corrected chi connectivity index (χ3v) is 5.00. The molecule has 3 aromatic rings. The molecule has 0 aliphatic carbocycles. The van der Waals surface area contributed by atoms with Crippen LogP contribution in [0.3, 0.4) is 0 Å².